The van der Waals surface area contributed by atoms with Gasteiger partial charge in [0.1, 0.15) is 0 Å². The van der Waals surface area contributed by atoms with Crippen LogP contribution in [0.15, 0.2) is 95.6 Å². The molecule has 4 atom stereocenters. The van der Waals surface area contributed by atoms with Gasteiger partial charge in [-0.25, -0.2) is 0 Å². The van der Waals surface area contributed by atoms with Crippen LogP contribution in [0.4, 0.5) is 0 Å². The number of nitrogens with zero attached hydrogens (tertiary/aromatic N) is 1. The Hall–Kier alpha value is -3.23. The molecule has 0 aliphatic heterocycles. The van der Waals surface area contributed by atoms with E-state index >= 15 is 0 Å². The number of aliphatic imine (C=N–C) groups is 1. The summed E-state index contributed by atoms with van der Waals surface area (Å²) in [6.45, 7) is 9.83. The Morgan fingerprint density at radius 2 is 1.92 bits per heavy atom. The second-order valence-electron chi connectivity index (χ2n) is 11.3. The molecule has 38 heavy (non-hydrogen) atoms. The van der Waals surface area contributed by atoms with Crippen LogP contribution in [0, 0.1) is 30.6 Å². The van der Waals surface area contributed by atoms with E-state index in [9.17, 15) is 0 Å². The highest BCUT2D eigenvalue weighted by atomic mass is 32.1. The molecule has 0 radical (unpaired) electrons. The van der Waals surface area contributed by atoms with Crippen molar-refractivity contribution in [3.63, 3.8) is 0 Å². The van der Waals surface area contributed by atoms with Crippen LogP contribution in [-0.4, -0.2) is 12.3 Å². The molecule has 2 heteroatoms. The maximum atomic E-state index is 4.94. The first-order chi connectivity index (χ1) is 18.5. The summed E-state index contributed by atoms with van der Waals surface area (Å²) in [6, 6.07) is 15.7. The molecule has 6 rings (SSSR count). The molecule has 1 nitrogen and oxygen atoms in total. The molecule has 3 aliphatic carbocycles. The molecule has 0 N–H and O–H groups in total. The van der Waals surface area contributed by atoms with Gasteiger partial charge in [-0.05, 0) is 95.2 Å². The van der Waals surface area contributed by atoms with Gasteiger partial charge in [0.05, 0.1) is 6.54 Å². The van der Waals surface area contributed by atoms with Crippen molar-refractivity contribution >= 4 is 38.8 Å². The Labute approximate surface area is 231 Å². The van der Waals surface area contributed by atoms with E-state index in [-0.39, 0.29) is 0 Å². The number of benzene rings is 2. The van der Waals surface area contributed by atoms with E-state index in [0.717, 1.165) is 25.1 Å². The van der Waals surface area contributed by atoms with E-state index < -0.39 is 0 Å². The van der Waals surface area contributed by atoms with Gasteiger partial charge in [-0.15, -0.1) is 11.3 Å². The Bertz CT molecular complexity index is 1550. The topological polar surface area (TPSA) is 12.4 Å². The number of fused-ring (bicyclic) bond motifs is 3. The molecule has 2 aromatic carbocycles. The summed E-state index contributed by atoms with van der Waals surface area (Å²) in [5.41, 5.74) is 9.35. The number of allylic oxidation sites excluding steroid dienone is 7. The van der Waals surface area contributed by atoms with Crippen LogP contribution in [0.3, 0.4) is 0 Å². The van der Waals surface area contributed by atoms with Crippen LogP contribution in [-0.2, 0) is 6.42 Å². The van der Waals surface area contributed by atoms with Crippen molar-refractivity contribution in [1.29, 1.82) is 0 Å². The van der Waals surface area contributed by atoms with Crippen molar-refractivity contribution in [2.45, 2.75) is 40.5 Å². The average Bonchev–Trinajstić information content (AvgIpc) is 3.29. The van der Waals surface area contributed by atoms with Gasteiger partial charge in [-0.1, -0.05) is 98.9 Å². The van der Waals surface area contributed by atoms with Crippen LogP contribution in [0.25, 0.3) is 21.7 Å². The van der Waals surface area contributed by atoms with Crippen LogP contribution in [0.5, 0.6) is 0 Å². The summed E-state index contributed by atoms with van der Waals surface area (Å²) in [7, 11) is 0. The number of hydrogen-bond donors (Lipinski definition) is 0. The molecular weight excluding hydrogens is 478 g/mol. The summed E-state index contributed by atoms with van der Waals surface area (Å²) >= 11 is 1.98. The highest BCUT2D eigenvalue weighted by Crippen LogP contribution is 2.44. The van der Waals surface area contributed by atoms with Gasteiger partial charge in [0.2, 0.25) is 0 Å². The summed E-state index contributed by atoms with van der Waals surface area (Å²) in [5.74, 6) is 2.15. The van der Waals surface area contributed by atoms with Gasteiger partial charge in [0.15, 0.2) is 0 Å². The largest absolute Gasteiger partial charge is 0.285 e. The second-order valence-corrected chi connectivity index (χ2v) is 12.5. The van der Waals surface area contributed by atoms with E-state index in [0.29, 0.717) is 23.7 Å². The smallest absolute Gasteiger partial charge is 0.0640 e. The monoisotopic (exact) mass is 515 g/mol. The molecule has 0 fully saturated rings. The quantitative estimate of drug-likeness (QED) is 0.300. The summed E-state index contributed by atoms with van der Waals surface area (Å²) in [4.78, 5) is 6.46. The summed E-state index contributed by atoms with van der Waals surface area (Å²) in [6.07, 6.45) is 21.1. The Balaban J connectivity index is 1.21. The number of rotatable bonds is 5. The van der Waals surface area contributed by atoms with Gasteiger partial charge < -0.3 is 0 Å². The third kappa shape index (κ3) is 4.83. The summed E-state index contributed by atoms with van der Waals surface area (Å²) < 4.78 is 1.38. The number of aryl methyl sites for hydroxylation is 1. The van der Waals surface area contributed by atoms with Gasteiger partial charge >= 0.3 is 0 Å². The van der Waals surface area contributed by atoms with E-state index in [1.165, 1.54) is 48.4 Å². The molecule has 0 saturated carbocycles. The fourth-order valence-corrected chi connectivity index (χ4v) is 7.68. The van der Waals surface area contributed by atoms with Crippen LogP contribution >= 0.6 is 11.3 Å². The minimum atomic E-state index is 0.495. The minimum absolute atomic E-state index is 0.495. The lowest BCUT2D eigenvalue weighted by Crippen LogP contribution is -2.24. The highest BCUT2D eigenvalue weighted by molar-refractivity contribution is 7.19. The average molecular weight is 516 g/mol. The Kier molecular flexibility index (Phi) is 6.93. The predicted molar refractivity (Wildman–Crippen MR) is 167 cm³/mol. The first kappa shape index (κ1) is 25.1. The zero-order chi connectivity index (χ0) is 26.2. The molecule has 4 unspecified atom stereocenters. The van der Waals surface area contributed by atoms with Gasteiger partial charge in [0.25, 0.3) is 0 Å². The predicted octanol–water partition coefficient (Wildman–Crippen LogP) is 9.63. The molecular formula is C36H37NS. The maximum Gasteiger partial charge on any atom is 0.0640 e. The van der Waals surface area contributed by atoms with Crippen molar-refractivity contribution in [3.05, 3.63) is 118 Å². The normalized spacial score (nSPS) is 24.9. The molecule has 1 heterocycles. The lowest BCUT2D eigenvalue weighted by Gasteiger charge is -2.33. The van der Waals surface area contributed by atoms with Crippen LogP contribution < -0.4 is 0 Å². The van der Waals surface area contributed by atoms with Crippen LogP contribution in [0.2, 0.25) is 0 Å². The van der Waals surface area contributed by atoms with Crippen molar-refractivity contribution in [1.82, 2.24) is 0 Å². The highest BCUT2D eigenvalue weighted by Gasteiger charge is 2.31. The molecule has 3 aromatic rings. The third-order valence-electron chi connectivity index (χ3n) is 8.62. The minimum Gasteiger partial charge on any atom is -0.285 e. The fraction of sp³-hybridized carbons (Fsp3) is 0.306. The van der Waals surface area contributed by atoms with Gasteiger partial charge in [-0.3, -0.25) is 4.99 Å². The zero-order valence-corrected chi connectivity index (χ0v) is 23.8. The number of thiophene rings is 1. The standard InChI is InChI=1S/C36H37NS/c1-23-9-7-11-27(19-23)22-37-26(4)28-15-17-33-34-18-16-29(21-36(34)38-35(33)20-28)31-13-8-14-32(25(31)3)30-12-6-5-10-24(30)2/h5-8,10-20,23,25,29,31H,9,21-22H2,1-4H3. The zero-order valence-electron chi connectivity index (χ0n) is 22.9. The van der Waals surface area contributed by atoms with Crippen LogP contribution in [0.1, 0.15) is 54.3 Å². The Morgan fingerprint density at radius 1 is 1.05 bits per heavy atom. The first-order valence-corrected chi connectivity index (χ1v) is 14.9. The molecule has 0 spiro atoms. The molecule has 0 amide bonds. The lowest BCUT2D eigenvalue weighted by atomic mass is 9.71. The number of hydrogen-bond acceptors (Lipinski definition) is 2. The van der Waals surface area contributed by atoms with E-state index in [4.69, 9.17) is 4.99 Å². The first-order valence-electron chi connectivity index (χ1n) is 14.0. The third-order valence-corrected chi connectivity index (χ3v) is 9.81. The second kappa shape index (κ2) is 10.5. The van der Waals surface area contributed by atoms with Crippen molar-refractivity contribution in [2.75, 3.05) is 6.54 Å². The lowest BCUT2D eigenvalue weighted by molar-refractivity contribution is 0.397. The molecule has 0 bridgehead atoms. The van der Waals surface area contributed by atoms with E-state index in [1.807, 2.05) is 11.3 Å². The van der Waals surface area contributed by atoms with Gasteiger partial charge in [0, 0.05) is 15.3 Å². The molecule has 1 aromatic heterocycles. The molecule has 3 aliphatic rings. The van der Waals surface area contributed by atoms with Crippen molar-refractivity contribution in [3.8, 4) is 0 Å². The summed E-state index contributed by atoms with van der Waals surface area (Å²) in [5, 5.41) is 1.38. The maximum absolute atomic E-state index is 4.94. The van der Waals surface area contributed by atoms with E-state index in [1.54, 1.807) is 0 Å². The van der Waals surface area contributed by atoms with E-state index in [2.05, 4.69) is 119 Å². The van der Waals surface area contributed by atoms with Crippen molar-refractivity contribution < 1.29 is 0 Å². The van der Waals surface area contributed by atoms with Gasteiger partial charge in [-0.2, -0.15) is 0 Å². The Morgan fingerprint density at radius 3 is 2.76 bits per heavy atom. The molecule has 192 valence electrons. The fourth-order valence-electron chi connectivity index (χ4n) is 6.38. The van der Waals surface area contributed by atoms with Crippen molar-refractivity contribution in [2.24, 2.45) is 28.7 Å². The molecule has 0 saturated heterocycles. The SMILES string of the molecule is CC(=NCC1=CC(C)CC=C1)c1ccc2c3c(sc2c1)CC(C1C=CC=C(c2ccccc2C)C1C)C=C3.